The molecule has 3 aliphatic heterocycles. The van der Waals surface area contributed by atoms with Crippen LogP contribution in [0.25, 0.3) is 0 Å². The van der Waals surface area contributed by atoms with Gasteiger partial charge in [-0.15, -0.1) is 0 Å². The number of hydrogen-bond acceptors (Lipinski definition) is 4. The van der Waals surface area contributed by atoms with Crippen molar-refractivity contribution in [3.05, 3.63) is 0 Å². The van der Waals surface area contributed by atoms with E-state index >= 15 is 0 Å². The quantitative estimate of drug-likeness (QED) is 0.818. The van der Waals surface area contributed by atoms with Gasteiger partial charge in [-0.1, -0.05) is 6.42 Å². The van der Waals surface area contributed by atoms with Gasteiger partial charge in [-0.25, -0.2) is 0 Å². The van der Waals surface area contributed by atoms with Gasteiger partial charge in [0.2, 0.25) is 5.91 Å². The van der Waals surface area contributed by atoms with Gasteiger partial charge in [-0.3, -0.25) is 9.69 Å². The van der Waals surface area contributed by atoms with Crippen LogP contribution in [0.1, 0.15) is 51.4 Å². The maximum Gasteiger partial charge on any atom is 0.223 e. The molecular formula is C19H33N3O2. The van der Waals surface area contributed by atoms with Gasteiger partial charge >= 0.3 is 0 Å². The van der Waals surface area contributed by atoms with Gasteiger partial charge in [0.05, 0.1) is 0 Å². The zero-order valence-electron chi connectivity index (χ0n) is 14.9. The minimum atomic E-state index is 0.143. The Morgan fingerprint density at radius 1 is 1.08 bits per heavy atom. The van der Waals surface area contributed by atoms with Crippen LogP contribution in [-0.2, 0) is 9.53 Å². The normalized spacial score (nSPS) is 32.4. The van der Waals surface area contributed by atoms with E-state index in [2.05, 4.69) is 15.5 Å². The molecule has 0 bridgehead atoms. The third kappa shape index (κ3) is 3.23. The first kappa shape index (κ1) is 16.8. The van der Waals surface area contributed by atoms with E-state index in [1.54, 1.807) is 0 Å². The first-order chi connectivity index (χ1) is 11.7. The van der Waals surface area contributed by atoms with Gasteiger partial charge < -0.3 is 15.4 Å². The topological polar surface area (TPSA) is 53.6 Å². The van der Waals surface area contributed by atoms with Crippen molar-refractivity contribution in [2.45, 2.75) is 56.9 Å². The maximum atomic E-state index is 12.8. The Morgan fingerprint density at radius 3 is 2.50 bits per heavy atom. The van der Waals surface area contributed by atoms with E-state index in [-0.39, 0.29) is 11.5 Å². The summed E-state index contributed by atoms with van der Waals surface area (Å²) in [7, 11) is 0. The number of carbonyl (C=O) groups excluding carboxylic acids is 1. The molecule has 1 aliphatic carbocycles. The Hall–Kier alpha value is -0.650. The molecule has 136 valence electrons. The van der Waals surface area contributed by atoms with Crippen LogP contribution >= 0.6 is 0 Å². The molecule has 0 aromatic carbocycles. The maximum absolute atomic E-state index is 12.8. The highest BCUT2D eigenvalue weighted by atomic mass is 16.5. The predicted molar refractivity (Wildman–Crippen MR) is 93.9 cm³/mol. The van der Waals surface area contributed by atoms with E-state index in [1.165, 1.54) is 45.2 Å². The second-order valence-electron chi connectivity index (χ2n) is 8.47. The van der Waals surface area contributed by atoms with E-state index < -0.39 is 0 Å². The second kappa shape index (κ2) is 6.93. The van der Waals surface area contributed by atoms with Gasteiger partial charge in [0.15, 0.2) is 0 Å². The number of piperidine rings is 2. The molecule has 0 radical (unpaired) electrons. The fourth-order valence-corrected chi connectivity index (χ4v) is 5.29. The molecular weight excluding hydrogens is 302 g/mol. The van der Waals surface area contributed by atoms with Crippen molar-refractivity contribution in [3.63, 3.8) is 0 Å². The molecule has 1 atom stereocenters. The molecule has 1 amide bonds. The Balaban J connectivity index is 1.35. The SMILES string of the molecule is O=C(NCC1(N2CCCCC2)CCOCC1)C1CC12CCNCC2. The van der Waals surface area contributed by atoms with Crippen molar-refractivity contribution in [2.75, 3.05) is 45.9 Å². The number of nitrogens with one attached hydrogen (secondary N) is 2. The van der Waals surface area contributed by atoms with Crippen molar-refractivity contribution in [1.29, 1.82) is 0 Å². The molecule has 1 spiro atoms. The van der Waals surface area contributed by atoms with Crippen LogP contribution in [0, 0.1) is 11.3 Å². The van der Waals surface area contributed by atoms with Crippen LogP contribution in [0.5, 0.6) is 0 Å². The Bertz CT molecular complexity index is 450. The summed E-state index contributed by atoms with van der Waals surface area (Å²) in [5.74, 6) is 0.595. The van der Waals surface area contributed by atoms with E-state index in [4.69, 9.17) is 4.74 Å². The number of rotatable bonds is 4. The summed E-state index contributed by atoms with van der Waals surface area (Å²) in [5, 5.41) is 6.79. The lowest BCUT2D eigenvalue weighted by molar-refractivity contribution is -0.124. The monoisotopic (exact) mass is 335 g/mol. The third-order valence-electron chi connectivity index (χ3n) is 7.15. The first-order valence-electron chi connectivity index (χ1n) is 10.1. The summed E-state index contributed by atoms with van der Waals surface area (Å²) in [6.45, 7) is 7.04. The molecule has 4 rings (SSSR count). The number of ether oxygens (including phenoxy) is 1. The minimum Gasteiger partial charge on any atom is -0.381 e. The van der Waals surface area contributed by atoms with E-state index in [0.717, 1.165) is 52.1 Å². The van der Waals surface area contributed by atoms with Crippen molar-refractivity contribution >= 4 is 5.91 Å². The van der Waals surface area contributed by atoms with E-state index in [9.17, 15) is 4.79 Å². The number of hydrogen-bond donors (Lipinski definition) is 2. The highest BCUT2D eigenvalue weighted by Crippen LogP contribution is 2.58. The lowest BCUT2D eigenvalue weighted by Gasteiger charge is -2.48. The summed E-state index contributed by atoms with van der Waals surface area (Å²) in [6.07, 6.45) is 9.55. The fraction of sp³-hybridized carbons (Fsp3) is 0.947. The summed E-state index contributed by atoms with van der Waals surface area (Å²) in [6, 6.07) is 0. The predicted octanol–water partition coefficient (Wildman–Crippen LogP) is 1.53. The van der Waals surface area contributed by atoms with Crippen LogP contribution in [0.15, 0.2) is 0 Å². The first-order valence-corrected chi connectivity index (χ1v) is 10.1. The van der Waals surface area contributed by atoms with Crippen molar-refractivity contribution in [3.8, 4) is 0 Å². The summed E-state index contributed by atoms with van der Waals surface area (Å²) in [5.41, 5.74) is 0.480. The van der Waals surface area contributed by atoms with Crippen molar-refractivity contribution in [1.82, 2.24) is 15.5 Å². The second-order valence-corrected chi connectivity index (χ2v) is 8.47. The number of carbonyl (C=O) groups is 1. The van der Waals surface area contributed by atoms with E-state index in [0.29, 0.717) is 11.3 Å². The highest BCUT2D eigenvalue weighted by Gasteiger charge is 2.57. The molecule has 2 N–H and O–H groups in total. The van der Waals surface area contributed by atoms with E-state index in [1.807, 2.05) is 0 Å². The number of amides is 1. The average molecular weight is 335 g/mol. The zero-order valence-corrected chi connectivity index (χ0v) is 14.9. The van der Waals surface area contributed by atoms with Gasteiger partial charge in [0.25, 0.3) is 0 Å². The number of likely N-dealkylation sites (tertiary alicyclic amines) is 1. The standard InChI is InChI=1S/C19H33N3O2/c23-17(16-14-18(16)4-8-20-9-5-18)21-15-19(6-12-24-13-7-19)22-10-2-1-3-11-22/h16,20H,1-15H2,(H,21,23). The molecule has 24 heavy (non-hydrogen) atoms. The smallest absolute Gasteiger partial charge is 0.223 e. The molecule has 5 nitrogen and oxygen atoms in total. The minimum absolute atomic E-state index is 0.143. The summed E-state index contributed by atoms with van der Waals surface area (Å²) in [4.78, 5) is 15.4. The molecule has 0 aromatic rings. The van der Waals surface area contributed by atoms with Crippen LogP contribution in [-0.4, -0.2) is 62.3 Å². The molecule has 0 aromatic heterocycles. The lowest BCUT2D eigenvalue weighted by Crippen LogP contribution is -2.59. The van der Waals surface area contributed by atoms with Gasteiger partial charge in [-0.2, -0.15) is 0 Å². The number of nitrogens with zero attached hydrogens (tertiary/aromatic N) is 1. The molecule has 4 aliphatic rings. The largest absolute Gasteiger partial charge is 0.381 e. The van der Waals surface area contributed by atoms with Gasteiger partial charge in [-0.05, 0) is 76.5 Å². The van der Waals surface area contributed by atoms with Crippen LogP contribution < -0.4 is 10.6 Å². The molecule has 1 unspecified atom stereocenters. The molecule has 1 saturated carbocycles. The van der Waals surface area contributed by atoms with Crippen LogP contribution in [0.4, 0.5) is 0 Å². The highest BCUT2D eigenvalue weighted by molar-refractivity contribution is 5.82. The summed E-state index contributed by atoms with van der Waals surface area (Å²) < 4.78 is 5.63. The molecule has 3 saturated heterocycles. The van der Waals surface area contributed by atoms with Crippen LogP contribution in [0.2, 0.25) is 0 Å². The van der Waals surface area contributed by atoms with Crippen LogP contribution in [0.3, 0.4) is 0 Å². The molecule has 5 heteroatoms. The van der Waals surface area contributed by atoms with Gasteiger partial charge in [0.1, 0.15) is 0 Å². The van der Waals surface area contributed by atoms with Gasteiger partial charge in [0, 0.05) is 31.2 Å². The molecule has 4 fully saturated rings. The Labute approximate surface area is 145 Å². The lowest BCUT2D eigenvalue weighted by atomic mass is 9.85. The van der Waals surface area contributed by atoms with Crippen molar-refractivity contribution < 1.29 is 9.53 Å². The Morgan fingerprint density at radius 2 is 1.79 bits per heavy atom. The van der Waals surface area contributed by atoms with Crippen molar-refractivity contribution in [2.24, 2.45) is 11.3 Å². The third-order valence-corrected chi connectivity index (χ3v) is 7.15. The fourth-order valence-electron chi connectivity index (χ4n) is 5.29. The summed E-state index contributed by atoms with van der Waals surface area (Å²) >= 11 is 0. The average Bonchev–Trinajstić information content (AvgIpc) is 3.35. The zero-order chi connectivity index (χ0) is 16.5. The Kier molecular flexibility index (Phi) is 4.85. The molecule has 3 heterocycles.